The van der Waals surface area contributed by atoms with Gasteiger partial charge in [0.2, 0.25) is 0 Å². The third kappa shape index (κ3) is 5.75. The van der Waals surface area contributed by atoms with Crippen LogP contribution in [0, 0.1) is 11.8 Å². The van der Waals surface area contributed by atoms with Crippen molar-refractivity contribution in [3.63, 3.8) is 0 Å². The third-order valence-electron chi connectivity index (χ3n) is 3.60. The van der Waals surface area contributed by atoms with Crippen molar-refractivity contribution in [2.45, 2.75) is 58.3 Å². The van der Waals surface area contributed by atoms with E-state index in [1.165, 1.54) is 51.4 Å². The van der Waals surface area contributed by atoms with Crippen LogP contribution in [0.5, 0.6) is 0 Å². The van der Waals surface area contributed by atoms with Crippen molar-refractivity contribution in [2.75, 3.05) is 5.33 Å². The molecule has 1 aliphatic rings. The first-order valence-electron chi connectivity index (χ1n) is 6.59. The van der Waals surface area contributed by atoms with E-state index in [2.05, 4.69) is 35.0 Å². The van der Waals surface area contributed by atoms with Crippen LogP contribution < -0.4 is 0 Å². The Morgan fingerprint density at radius 2 is 1.87 bits per heavy atom. The Labute approximate surface area is 104 Å². The maximum atomic E-state index is 3.44. The fourth-order valence-electron chi connectivity index (χ4n) is 2.60. The summed E-state index contributed by atoms with van der Waals surface area (Å²) in [6.07, 6.45) is 16.2. The van der Waals surface area contributed by atoms with Crippen molar-refractivity contribution in [3.05, 3.63) is 12.2 Å². The molecule has 1 heteroatoms. The molecule has 0 atom stereocenters. The summed E-state index contributed by atoms with van der Waals surface area (Å²) in [6, 6.07) is 0. The molecule has 0 spiro atoms. The Bertz CT molecular complexity index is 166. The summed E-state index contributed by atoms with van der Waals surface area (Å²) >= 11 is 3.44. The largest absolute Gasteiger partial charge is 0.0883 e. The summed E-state index contributed by atoms with van der Waals surface area (Å²) in [5.74, 6) is 1.93. The number of hydrogen-bond acceptors (Lipinski definition) is 0. The molecule has 0 saturated heterocycles. The zero-order valence-electron chi connectivity index (χ0n) is 10.1. The normalized spacial score (nSPS) is 27.3. The number of alkyl halides is 1. The van der Waals surface area contributed by atoms with Gasteiger partial charge in [-0.3, -0.25) is 0 Å². The number of halogens is 1. The molecule has 0 unspecified atom stereocenters. The highest BCUT2D eigenvalue weighted by Crippen LogP contribution is 2.32. The Morgan fingerprint density at radius 3 is 2.47 bits per heavy atom. The first-order chi connectivity index (χ1) is 7.36. The molecule has 1 fully saturated rings. The van der Waals surface area contributed by atoms with Gasteiger partial charge in [0.1, 0.15) is 0 Å². The van der Waals surface area contributed by atoms with E-state index in [0.29, 0.717) is 0 Å². The SMILES string of the molecule is CCCCC[C@H]1CC[C@H](/C=C/CBr)CC1. The molecule has 15 heavy (non-hydrogen) atoms. The van der Waals surface area contributed by atoms with Crippen LogP contribution in [0.2, 0.25) is 0 Å². The number of hydrogen-bond donors (Lipinski definition) is 0. The average Bonchev–Trinajstić information content (AvgIpc) is 2.28. The predicted molar refractivity (Wildman–Crippen MR) is 72.5 cm³/mol. The summed E-state index contributed by atoms with van der Waals surface area (Å²) in [4.78, 5) is 0. The fourth-order valence-corrected chi connectivity index (χ4v) is 2.81. The molecule has 1 saturated carbocycles. The monoisotopic (exact) mass is 272 g/mol. The van der Waals surface area contributed by atoms with Crippen LogP contribution in [-0.2, 0) is 0 Å². The second kappa shape index (κ2) is 8.38. The Balaban J connectivity index is 2.09. The Morgan fingerprint density at radius 1 is 1.13 bits per heavy atom. The van der Waals surface area contributed by atoms with Gasteiger partial charge in [-0.05, 0) is 37.5 Å². The molecule has 0 bridgehead atoms. The predicted octanol–water partition coefficient (Wildman–Crippen LogP) is 5.32. The smallest absolute Gasteiger partial charge is 0.0212 e. The van der Waals surface area contributed by atoms with E-state index < -0.39 is 0 Å². The highest BCUT2D eigenvalue weighted by molar-refractivity contribution is 9.09. The molecule has 0 aromatic carbocycles. The van der Waals surface area contributed by atoms with E-state index in [9.17, 15) is 0 Å². The Kier molecular flexibility index (Phi) is 7.42. The van der Waals surface area contributed by atoms with Gasteiger partial charge in [0.05, 0.1) is 0 Å². The van der Waals surface area contributed by atoms with Crippen LogP contribution in [-0.4, -0.2) is 5.33 Å². The molecule has 0 nitrogen and oxygen atoms in total. The standard InChI is InChI=1S/C14H25Br/c1-2-3-4-6-13-8-10-14(11-9-13)7-5-12-15/h5,7,13-14H,2-4,6,8-12H2,1H3/b7-5+/t13-,14-. The van der Waals surface area contributed by atoms with Crippen LogP contribution in [0.3, 0.4) is 0 Å². The molecular weight excluding hydrogens is 248 g/mol. The molecular formula is C14H25Br. The van der Waals surface area contributed by atoms with Gasteiger partial charge in [-0.15, -0.1) is 0 Å². The molecule has 0 aromatic heterocycles. The molecule has 0 aliphatic heterocycles. The topological polar surface area (TPSA) is 0 Å². The van der Waals surface area contributed by atoms with E-state index in [0.717, 1.165) is 17.2 Å². The van der Waals surface area contributed by atoms with Crippen molar-refractivity contribution in [1.29, 1.82) is 0 Å². The van der Waals surface area contributed by atoms with Gasteiger partial charge in [-0.25, -0.2) is 0 Å². The van der Waals surface area contributed by atoms with Crippen molar-refractivity contribution >= 4 is 15.9 Å². The van der Waals surface area contributed by atoms with Crippen molar-refractivity contribution in [1.82, 2.24) is 0 Å². The van der Waals surface area contributed by atoms with Crippen LogP contribution in [0.4, 0.5) is 0 Å². The van der Waals surface area contributed by atoms with Gasteiger partial charge >= 0.3 is 0 Å². The highest BCUT2D eigenvalue weighted by Gasteiger charge is 2.18. The van der Waals surface area contributed by atoms with Gasteiger partial charge in [-0.1, -0.05) is 60.7 Å². The lowest BCUT2D eigenvalue weighted by molar-refractivity contribution is 0.289. The summed E-state index contributed by atoms with van der Waals surface area (Å²) in [6.45, 7) is 2.29. The summed E-state index contributed by atoms with van der Waals surface area (Å²) in [7, 11) is 0. The summed E-state index contributed by atoms with van der Waals surface area (Å²) < 4.78 is 0. The average molecular weight is 273 g/mol. The minimum absolute atomic E-state index is 0.880. The van der Waals surface area contributed by atoms with Gasteiger partial charge in [-0.2, -0.15) is 0 Å². The zero-order chi connectivity index (χ0) is 10.9. The van der Waals surface area contributed by atoms with Gasteiger partial charge in [0.25, 0.3) is 0 Å². The lowest BCUT2D eigenvalue weighted by atomic mass is 9.79. The maximum absolute atomic E-state index is 3.44. The minimum Gasteiger partial charge on any atom is -0.0883 e. The maximum Gasteiger partial charge on any atom is 0.0212 e. The van der Waals surface area contributed by atoms with E-state index in [1.807, 2.05) is 0 Å². The van der Waals surface area contributed by atoms with E-state index in [-0.39, 0.29) is 0 Å². The van der Waals surface area contributed by atoms with Crippen LogP contribution in [0.1, 0.15) is 58.3 Å². The van der Waals surface area contributed by atoms with Crippen LogP contribution >= 0.6 is 15.9 Å². The van der Waals surface area contributed by atoms with Crippen LogP contribution in [0.15, 0.2) is 12.2 Å². The molecule has 1 aliphatic carbocycles. The van der Waals surface area contributed by atoms with Crippen LogP contribution in [0.25, 0.3) is 0 Å². The van der Waals surface area contributed by atoms with E-state index in [1.54, 1.807) is 0 Å². The molecule has 88 valence electrons. The second-order valence-corrected chi connectivity index (χ2v) is 5.51. The first kappa shape index (κ1) is 13.3. The molecule has 0 heterocycles. The quantitative estimate of drug-likeness (QED) is 0.349. The summed E-state index contributed by atoms with van der Waals surface area (Å²) in [5.41, 5.74) is 0. The fraction of sp³-hybridized carbons (Fsp3) is 0.857. The minimum atomic E-state index is 0.880. The van der Waals surface area contributed by atoms with Gasteiger partial charge in [0, 0.05) is 5.33 Å². The summed E-state index contributed by atoms with van der Waals surface area (Å²) in [5, 5.41) is 1.02. The second-order valence-electron chi connectivity index (χ2n) is 4.86. The number of unbranched alkanes of at least 4 members (excludes halogenated alkanes) is 2. The van der Waals surface area contributed by atoms with Gasteiger partial charge < -0.3 is 0 Å². The third-order valence-corrected chi connectivity index (χ3v) is 3.98. The molecule has 0 radical (unpaired) electrons. The lowest BCUT2D eigenvalue weighted by Gasteiger charge is -2.26. The molecule has 1 rings (SSSR count). The first-order valence-corrected chi connectivity index (χ1v) is 7.71. The molecule has 0 N–H and O–H groups in total. The van der Waals surface area contributed by atoms with E-state index >= 15 is 0 Å². The van der Waals surface area contributed by atoms with E-state index in [4.69, 9.17) is 0 Å². The number of rotatable bonds is 6. The molecule has 0 aromatic rings. The van der Waals surface area contributed by atoms with Gasteiger partial charge in [0.15, 0.2) is 0 Å². The Hall–Kier alpha value is 0.220. The van der Waals surface area contributed by atoms with Crippen molar-refractivity contribution < 1.29 is 0 Å². The highest BCUT2D eigenvalue weighted by atomic mass is 79.9. The van der Waals surface area contributed by atoms with Crippen molar-refractivity contribution in [2.24, 2.45) is 11.8 Å². The number of allylic oxidation sites excluding steroid dienone is 2. The lowest BCUT2D eigenvalue weighted by Crippen LogP contribution is -2.13. The zero-order valence-corrected chi connectivity index (χ0v) is 11.6. The van der Waals surface area contributed by atoms with Crippen molar-refractivity contribution in [3.8, 4) is 0 Å². The molecule has 0 amide bonds.